The Kier molecular flexibility index (Phi) is 4.35. The number of halogens is 1. The van der Waals surface area contributed by atoms with Crippen molar-refractivity contribution in [2.45, 2.75) is 6.92 Å². The molecular weight excluding hydrogens is 182 g/mol. The quantitative estimate of drug-likeness (QED) is 0.461. The van der Waals surface area contributed by atoms with E-state index in [-0.39, 0.29) is 0 Å². The molecule has 0 aliphatic carbocycles. The topological polar surface area (TPSA) is 47.9 Å². The molecule has 0 rings (SSSR count). The van der Waals surface area contributed by atoms with Gasteiger partial charge in [-0.2, -0.15) is 0 Å². The molecule has 0 saturated carbocycles. The van der Waals surface area contributed by atoms with Gasteiger partial charge in [0.2, 0.25) is 0 Å². The van der Waals surface area contributed by atoms with Crippen LogP contribution in [0, 0.1) is 5.41 Å². The fourth-order valence-electron chi connectivity index (χ4n) is 0.356. The van der Waals surface area contributed by atoms with Gasteiger partial charge in [-0.25, -0.2) is 5.43 Å². The number of hydrogen-bond donors (Lipinski definition) is 3. The third-order valence-electron chi connectivity index (χ3n) is 0.775. The monoisotopic (exact) mass is 191 g/mol. The van der Waals surface area contributed by atoms with Crippen LogP contribution < -0.4 is 10.9 Å². The number of nitrogens with one attached hydrogen (secondary N) is 3. The molecule has 52 valence electrons. The Balaban J connectivity index is 3.98. The summed E-state index contributed by atoms with van der Waals surface area (Å²) < 4.78 is 0.909. The third-order valence-corrected chi connectivity index (χ3v) is 1.20. The van der Waals surface area contributed by atoms with Crippen molar-refractivity contribution in [2.24, 2.45) is 0 Å². The molecule has 4 heteroatoms. The lowest BCUT2D eigenvalue weighted by molar-refractivity contribution is 0.711. The van der Waals surface area contributed by atoms with Crippen molar-refractivity contribution in [2.75, 3.05) is 7.05 Å². The molecule has 0 saturated heterocycles. The molecule has 0 aromatic heterocycles. The summed E-state index contributed by atoms with van der Waals surface area (Å²) in [5, 5.41) is 6.88. The van der Waals surface area contributed by atoms with Gasteiger partial charge in [-0.15, -0.1) is 0 Å². The molecule has 0 atom stereocenters. The van der Waals surface area contributed by atoms with Crippen LogP contribution in [0.5, 0.6) is 0 Å². The molecule has 0 aliphatic rings. The molecule has 0 spiro atoms. The second-order valence-electron chi connectivity index (χ2n) is 1.47. The molecule has 0 fully saturated rings. The maximum atomic E-state index is 6.88. The largest absolute Gasteiger partial charge is 0.320 e. The fraction of sp³-hybridized carbons (Fsp3) is 0.400. The van der Waals surface area contributed by atoms with Crippen LogP contribution in [0.1, 0.15) is 6.92 Å². The van der Waals surface area contributed by atoms with Gasteiger partial charge in [0.05, 0.1) is 5.70 Å². The fourth-order valence-corrected chi connectivity index (χ4v) is 0.570. The first-order chi connectivity index (χ1) is 4.22. The van der Waals surface area contributed by atoms with Gasteiger partial charge in [0.1, 0.15) is 0 Å². The summed E-state index contributed by atoms with van der Waals surface area (Å²) in [4.78, 5) is 0. The summed E-state index contributed by atoms with van der Waals surface area (Å²) in [5.41, 5.74) is 6.22. The molecule has 0 aromatic rings. The van der Waals surface area contributed by atoms with Crippen molar-refractivity contribution in [3.8, 4) is 0 Å². The molecule has 3 nitrogen and oxygen atoms in total. The van der Waals surface area contributed by atoms with Crippen molar-refractivity contribution in [3.63, 3.8) is 0 Å². The van der Waals surface area contributed by atoms with Crippen molar-refractivity contribution in [1.82, 2.24) is 10.9 Å². The van der Waals surface area contributed by atoms with Gasteiger partial charge < -0.3 is 10.8 Å². The average molecular weight is 192 g/mol. The first kappa shape index (κ1) is 8.65. The van der Waals surface area contributed by atoms with E-state index in [4.69, 9.17) is 5.41 Å². The van der Waals surface area contributed by atoms with Crippen LogP contribution in [0.2, 0.25) is 0 Å². The minimum atomic E-state index is 0.734. The van der Waals surface area contributed by atoms with E-state index in [1.807, 2.05) is 6.92 Å². The van der Waals surface area contributed by atoms with Gasteiger partial charge in [-0.05, 0) is 6.92 Å². The number of hydrazine groups is 1. The molecule has 0 aromatic carbocycles. The maximum absolute atomic E-state index is 6.88. The lowest BCUT2D eigenvalue weighted by atomic mass is 10.4. The molecule has 0 aliphatic heterocycles. The summed E-state index contributed by atoms with van der Waals surface area (Å²) in [6.45, 7) is 1.87. The Labute approximate surface area is 63.1 Å². The van der Waals surface area contributed by atoms with E-state index >= 15 is 0 Å². The lowest BCUT2D eigenvalue weighted by Crippen LogP contribution is -2.27. The normalized spacial score (nSPS) is 12.3. The molecule has 0 unspecified atom stereocenters. The Morgan fingerprint density at radius 1 is 1.67 bits per heavy atom. The summed E-state index contributed by atoms with van der Waals surface area (Å²) in [7, 11) is 1.75. The van der Waals surface area contributed by atoms with E-state index in [1.54, 1.807) is 7.05 Å². The highest BCUT2D eigenvalue weighted by Crippen LogP contribution is 2.04. The molecule has 9 heavy (non-hydrogen) atoms. The second-order valence-corrected chi connectivity index (χ2v) is 2.66. The minimum Gasteiger partial charge on any atom is -0.320 e. The standard InChI is InChI=1S/C5H10BrN3/c1-4(6)5(3-7)9-8-2/h3,7-9H,1-2H3/b5-4+,7-3?. The van der Waals surface area contributed by atoms with Gasteiger partial charge in [-0.1, -0.05) is 15.9 Å². The summed E-state index contributed by atoms with van der Waals surface area (Å²) in [6, 6.07) is 0. The SMILES string of the molecule is CNN/C(C=N)=C(\C)Br. The van der Waals surface area contributed by atoms with Crippen molar-refractivity contribution < 1.29 is 0 Å². The summed E-state index contributed by atoms with van der Waals surface area (Å²) >= 11 is 3.23. The van der Waals surface area contributed by atoms with Crippen molar-refractivity contribution in [3.05, 3.63) is 10.2 Å². The Morgan fingerprint density at radius 2 is 2.22 bits per heavy atom. The number of rotatable bonds is 3. The van der Waals surface area contributed by atoms with Crippen LogP contribution >= 0.6 is 15.9 Å². The predicted octanol–water partition coefficient (Wildman–Crippen LogP) is 0.986. The van der Waals surface area contributed by atoms with Crippen molar-refractivity contribution in [1.29, 1.82) is 5.41 Å². The van der Waals surface area contributed by atoms with Crippen LogP contribution in [0.3, 0.4) is 0 Å². The average Bonchev–Trinajstić information content (AvgIpc) is 1.82. The molecular formula is C5H10BrN3. The summed E-state index contributed by atoms with van der Waals surface area (Å²) in [5.74, 6) is 0. The third kappa shape index (κ3) is 3.26. The first-order valence-electron chi connectivity index (χ1n) is 2.52. The van der Waals surface area contributed by atoms with Crippen LogP contribution in [-0.2, 0) is 0 Å². The van der Waals surface area contributed by atoms with E-state index in [0.717, 1.165) is 10.2 Å². The van der Waals surface area contributed by atoms with Crippen LogP contribution in [-0.4, -0.2) is 13.3 Å². The van der Waals surface area contributed by atoms with Gasteiger partial charge in [0.25, 0.3) is 0 Å². The minimum absolute atomic E-state index is 0.734. The zero-order valence-electron chi connectivity index (χ0n) is 5.46. The van der Waals surface area contributed by atoms with E-state index in [0.29, 0.717) is 0 Å². The maximum Gasteiger partial charge on any atom is 0.0762 e. The zero-order valence-corrected chi connectivity index (χ0v) is 7.04. The van der Waals surface area contributed by atoms with Gasteiger partial charge in [0, 0.05) is 17.7 Å². The van der Waals surface area contributed by atoms with E-state index in [2.05, 4.69) is 26.8 Å². The van der Waals surface area contributed by atoms with Crippen molar-refractivity contribution >= 4 is 22.1 Å². The highest BCUT2D eigenvalue weighted by molar-refractivity contribution is 9.11. The van der Waals surface area contributed by atoms with Crippen LogP contribution in [0.25, 0.3) is 0 Å². The molecule has 3 N–H and O–H groups in total. The number of allylic oxidation sites excluding steroid dienone is 2. The molecule has 0 bridgehead atoms. The Morgan fingerprint density at radius 3 is 2.33 bits per heavy atom. The smallest absolute Gasteiger partial charge is 0.0762 e. The van der Waals surface area contributed by atoms with Crippen LogP contribution in [0.15, 0.2) is 10.2 Å². The summed E-state index contributed by atoms with van der Waals surface area (Å²) in [6.07, 6.45) is 1.24. The van der Waals surface area contributed by atoms with Gasteiger partial charge in [-0.3, -0.25) is 0 Å². The van der Waals surface area contributed by atoms with Crippen LogP contribution in [0.4, 0.5) is 0 Å². The van der Waals surface area contributed by atoms with E-state index in [9.17, 15) is 0 Å². The highest BCUT2D eigenvalue weighted by Gasteiger charge is 1.90. The lowest BCUT2D eigenvalue weighted by Gasteiger charge is -2.03. The van der Waals surface area contributed by atoms with Gasteiger partial charge >= 0.3 is 0 Å². The molecule has 0 amide bonds. The van der Waals surface area contributed by atoms with E-state index < -0.39 is 0 Å². The van der Waals surface area contributed by atoms with Gasteiger partial charge in [0.15, 0.2) is 0 Å². The first-order valence-corrected chi connectivity index (χ1v) is 3.31. The molecule has 0 heterocycles. The predicted molar refractivity (Wildman–Crippen MR) is 42.6 cm³/mol. The zero-order chi connectivity index (χ0) is 7.28. The highest BCUT2D eigenvalue weighted by atomic mass is 79.9. The van der Waals surface area contributed by atoms with E-state index in [1.165, 1.54) is 6.21 Å². The molecule has 0 radical (unpaired) electrons. The Hall–Kier alpha value is -0.350. The second kappa shape index (κ2) is 4.52. The number of hydrogen-bond acceptors (Lipinski definition) is 3. The Bertz CT molecular complexity index is 126.